The maximum Gasteiger partial charge on any atom is 0.246 e. The van der Waals surface area contributed by atoms with Gasteiger partial charge in [-0.2, -0.15) is 0 Å². The van der Waals surface area contributed by atoms with Crippen LogP contribution in [0.5, 0.6) is 5.75 Å². The molecule has 0 spiro atoms. The lowest BCUT2D eigenvalue weighted by molar-refractivity contribution is -0.129. The molecule has 0 unspecified atom stereocenters. The summed E-state index contributed by atoms with van der Waals surface area (Å²) in [5.41, 5.74) is 2.07. The summed E-state index contributed by atoms with van der Waals surface area (Å²) in [4.78, 5) is 13.9. The fourth-order valence-electron chi connectivity index (χ4n) is 2.51. The van der Waals surface area contributed by atoms with E-state index in [2.05, 4.69) is 0 Å². The van der Waals surface area contributed by atoms with E-state index in [1.54, 1.807) is 11.0 Å². The van der Waals surface area contributed by atoms with Gasteiger partial charge in [0.05, 0.1) is 13.2 Å². The van der Waals surface area contributed by atoms with Crippen LogP contribution in [0.15, 0.2) is 60.7 Å². The van der Waals surface area contributed by atoms with E-state index < -0.39 is 0 Å². The van der Waals surface area contributed by atoms with Crippen molar-refractivity contribution in [3.63, 3.8) is 0 Å². The molecule has 0 atom stereocenters. The molecule has 0 aromatic heterocycles. The standard InChI is InChI=1S/C20H21NO3/c22-20(21-11-13-23-14-12-21)10-9-17-7-4-8-19(15-17)24-16-18-5-2-1-3-6-18/h1-10,15H,11-14,16H2/b10-9+. The molecule has 1 aliphatic rings. The normalized spacial score (nSPS) is 14.8. The maximum atomic E-state index is 12.1. The summed E-state index contributed by atoms with van der Waals surface area (Å²) in [5.74, 6) is 0.814. The van der Waals surface area contributed by atoms with Crippen LogP contribution < -0.4 is 4.74 Å². The molecular formula is C20H21NO3. The molecule has 124 valence electrons. The van der Waals surface area contributed by atoms with E-state index in [0.717, 1.165) is 16.9 Å². The number of carbonyl (C=O) groups excluding carboxylic acids is 1. The van der Waals surface area contributed by atoms with Crippen LogP contribution in [-0.2, 0) is 16.1 Å². The van der Waals surface area contributed by atoms with Crippen LogP contribution in [0.3, 0.4) is 0 Å². The third-order valence-electron chi connectivity index (χ3n) is 3.85. The van der Waals surface area contributed by atoms with E-state index >= 15 is 0 Å². The van der Waals surface area contributed by atoms with Crippen molar-refractivity contribution in [2.75, 3.05) is 26.3 Å². The number of benzene rings is 2. The second-order valence-electron chi connectivity index (χ2n) is 5.62. The Morgan fingerprint density at radius 1 is 1.08 bits per heavy atom. The highest BCUT2D eigenvalue weighted by molar-refractivity contribution is 5.91. The van der Waals surface area contributed by atoms with Gasteiger partial charge in [0, 0.05) is 19.2 Å². The van der Waals surface area contributed by atoms with Crippen LogP contribution in [0.4, 0.5) is 0 Å². The van der Waals surface area contributed by atoms with Crippen molar-refractivity contribution in [1.29, 1.82) is 0 Å². The summed E-state index contributed by atoms with van der Waals surface area (Å²) in [5, 5.41) is 0. The Morgan fingerprint density at radius 2 is 1.88 bits per heavy atom. The smallest absolute Gasteiger partial charge is 0.246 e. The van der Waals surface area contributed by atoms with Crippen LogP contribution in [0, 0.1) is 0 Å². The molecule has 0 aliphatic carbocycles. The van der Waals surface area contributed by atoms with Crippen molar-refractivity contribution in [2.45, 2.75) is 6.61 Å². The average molecular weight is 323 g/mol. The zero-order valence-electron chi connectivity index (χ0n) is 13.6. The van der Waals surface area contributed by atoms with Crippen molar-refractivity contribution in [1.82, 2.24) is 4.90 Å². The van der Waals surface area contributed by atoms with Crippen molar-refractivity contribution in [3.05, 3.63) is 71.8 Å². The van der Waals surface area contributed by atoms with E-state index in [0.29, 0.717) is 32.9 Å². The fourth-order valence-corrected chi connectivity index (χ4v) is 2.51. The average Bonchev–Trinajstić information content (AvgIpc) is 2.66. The fraction of sp³-hybridized carbons (Fsp3) is 0.250. The van der Waals surface area contributed by atoms with Gasteiger partial charge in [0.25, 0.3) is 0 Å². The molecule has 24 heavy (non-hydrogen) atoms. The van der Waals surface area contributed by atoms with Crippen LogP contribution in [0.25, 0.3) is 6.08 Å². The summed E-state index contributed by atoms with van der Waals surface area (Å²) in [7, 11) is 0. The van der Waals surface area contributed by atoms with Gasteiger partial charge in [-0.1, -0.05) is 42.5 Å². The Balaban J connectivity index is 1.58. The van der Waals surface area contributed by atoms with Crippen LogP contribution >= 0.6 is 0 Å². The van der Waals surface area contributed by atoms with Gasteiger partial charge in [-0.05, 0) is 29.3 Å². The zero-order valence-corrected chi connectivity index (χ0v) is 13.6. The Labute approximate surface area is 142 Å². The van der Waals surface area contributed by atoms with Gasteiger partial charge in [0.15, 0.2) is 0 Å². The SMILES string of the molecule is O=C(/C=C/c1cccc(OCc2ccccc2)c1)N1CCOCC1. The van der Waals surface area contributed by atoms with Gasteiger partial charge in [-0.3, -0.25) is 4.79 Å². The van der Waals surface area contributed by atoms with Gasteiger partial charge >= 0.3 is 0 Å². The minimum Gasteiger partial charge on any atom is -0.489 e. The molecule has 0 saturated carbocycles. The molecule has 1 heterocycles. The monoisotopic (exact) mass is 323 g/mol. The first-order valence-corrected chi connectivity index (χ1v) is 8.13. The van der Waals surface area contributed by atoms with Crippen LogP contribution in [0.2, 0.25) is 0 Å². The van der Waals surface area contributed by atoms with Gasteiger partial charge in [-0.15, -0.1) is 0 Å². The summed E-state index contributed by atoms with van der Waals surface area (Å²) in [6, 6.07) is 17.8. The van der Waals surface area contributed by atoms with Crippen molar-refractivity contribution in [3.8, 4) is 5.75 Å². The summed E-state index contributed by atoms with van der Waals surface area (Å²) < 4.78 is 11.1. The number of ether oxygens (including phenoxy) is 2. The quantitative estimate of drug-likeness (QED) is 0.794. The second kappa shape index (κ2) is 8.31. The number of carbonyl (C=O) groups is 1. The molecule has 1 amide bonds. The molecule has 2 aromatic carbocycles. The number of rotatable bonds is 5. The van der Waals surface area contributed by atoms with Crippen molar-refractivity contribution >= 4 is 12.0 Å². The Bertz CT molecular complexity index is 691. The van der Waals surface area contributed by atoms with Crippen molar-refractivity contribution in [2.24, 2.45) is 0 Å². The van der Waals surface area contributed by atoms with E-state index in [-0.39, 0.29) is 5.91 Å². The predicted octanol–water partition coefficient (Wildman–Crippen LogP) is 3.14. The molecule has 1 saturated heterocycles. The van der Waals surface area contributed by atoms with Gasteiger partial charge in [0.2, 0.25) is 5.91 Å². The Morgan fingerprint density at radius 3 is 2.67 bits per heavy atom. The third-order valence-corrected chi connectivity index (χ3v) is 3.85. The third kappa shape index (κ3) is 4.70. The molecular weight excluding hydrogens is 302 g/mol. The van der Waals surface area contributed by atoms with Gasteiger partial charge in [-0.25, -0.2) is 0 Å². The minimum atomic E-state index is 0.0221. The highest BCUT2D eigenvalue weighted by Gasteiger charge is 2.13. The lowest BCUT2D eigenvalue weighted by Crippen LogP contribution is -2.39. The van der Waals surface area contributed by atoms with Crippen LogP contribution in [0.1, 0.15) is 11.1 Å². The topological polar surface area (TPSA) is 38.8 Å². The van der Waals surface area contributed by atoms with Crippen LogP contribution in [-0.4, -0.2) is 37.1 Å². The minimum absolute atomic E-state index is 0.0221. The molecule has 2 aromatic rings. The Kier molecular flexibility index (Phi) is 5.64. The molecule has 1 fully saturated rings. The maximum absolute atomic E-state index is 12.1. The molecule has 0 bridgehead atoms. The van der Waals surface area contributed by atoms with E-state index in [1.165, 1.54) is 0 Å². The molecule has 1 aliphatic heterocycles. The summed E-state index contributed by atoms with van der Waals surface area (Å²) in [6.07, 6.45) is 3.44. The van der Waals surface area contributed by atoms with E-state index in [1.807, 2.05) is 60.7 Å². The number of nitrogens with zero attached hydrogens (tertiary/aromatic N) is 1. The first-order chi connectivity index (χ1) is 11.8. The predicted molar refractivity (Wildman–Crippen MR) is 93.6 cm³/mol. The molecule has 0 radical (unpaired) electrons. The summed E-state index contributed by atoms with van der Waals surface area (Å²) >= 11 is 0. The van der Waals surface area contributed by atoms with Crippen molar-refractivity contribution < 1.29 is 14.3 Å². The molecule has 3 rings (SSSR count). The lowest BCUT2D eigenvalue weighted by atomic mass is 10.2. The Hall–Kier alpha value is -2.59. The molecule has 4 heteroatoms. The van der Waals surface area contributed by atoms with Gasteiger partial charge < -0.3 is 14.4 Å². The zero-order chi connectivity index (χ0) is 16.6. The second-order valence-corrected chi connectivity index (χ2v) is 5.62. The highest BCUT2D eigenvalue weighted by atomic mass is 16.5. The molecule has 4 nitrogen and oxygen atoms in total. The van der Waals surface area contributed by atoms with Gasteiger partial charge in [0.1, 0.15) is 12.4 Å². The number of amides is 1. The number of morpholine rings is 1. The summed E-state index contributed by atoms with van der Waals surface area (Å²) in [6.45, 7) is 3.07. The lowest BCUT2D eigenvalue weighted by Gasteiger charge is -2.25. The largest absolute Gasteiger partial charge is 0.489 e. The highest BCUT2D eigenvalue weighted by Crippen LogP contribution is 2.16. The molecule has 0 N–H and O–H groups in total. The number of hydrogen-bond acceptors (Lipinski definition) is 3. The first kappa shape index (κ1) is 16.3. The van der Waals surface area contributed by atoms with E-state index in [9.17, 15) is 4.79 Å². The van der Waals surface area contributed by atoms with E-state index in [4.69, 9.17) is 9.47 Å². The number of hydrogen-bond donors (Lipinski definition) is 0. The first-order valence-electron chi connectivity index (χ1n) is 8.13.